The van der Waals surface area contributed by atoms with Crippen LogP contribution in [0.3, 0.4) is 0 Å². The van der Waals surface area contributed by atoms with Crippen molar-refractivity contribution in [3.63, 3.8) is 0 Å². The van der Waals surface area contributed by atoms with E-state index in [0.717, 1.165) is 24.8 Å². The topological polar surface area (TPSA) is 89.3 Å². The van der Waals surface area contributed by atoms with Gasteiger partial charge in [-0.15, -0.1) is 13.2 Å². The first-order chi connectivity index (χ1) is 16.4. The van der Waals surface area contributed by atoms with Crippen LogP contribution in [-0.2, 0) is 11.2 Å². The number of hydrogen-bond donors (Lipinski definition) is 2. The Morgan fingerprint density at radius 1 is 1.26 bits per heavy atom. The number of nitrogens with zero attached hydrogens (tertiary/aromatic N) is 3. The van der Waals surface area contributed by atoms with E-state index in [2.05, 4.69) is 40.4 Å². The third-order valence-electron chi connectivity index (χ3n) is 6.29. The van der Waals surface area contributed by atoms with Gasteiger partial charge in [-0.1, -0.05) is 20.8 Å². The quantitative estimate of drug-likeness (QED) is 0.394. The maximum Gasteiger partial charge on any atom is 0.573 e. The zero-order valence-electron chi connectivity index (χ0n) is 19.9. The molecule has 0 aliphatic heterocycles. The van der Waals surface area contributed by atoms with Gasteiger partial charge in [-0.25, -0.2) is 9.97 Å². The Hall–Kier alpha value is -3.30. The molecule has 10 heteroatoms. The van der Waals surface area contributed by atoms with Gasteiger partial charge >= 0.3 is 12.3 Å². The molecule has 2 aromatic heterocycles. The number of imidazole rings is 1. The summed E-state index contributed by atoms with van der Waals surface area (Å²) in [7, 11) is 0. The number of aromatic nitrogens is 3. The fourth-order valence-corrected chi connectivity index (χ4v) is 5.21. The normalized spacial score (nSPS) is 20.1. The lowest BCUT2D eigenvalue weighted by Gasteiger charge is -2.40. The molecular weight excluding hydrogens is 461 g/mol. The smallest absolute Gasteiger partial charge is 0.481 e. The molecular formula is C25H29F3N4O3. The van der Waals surface area contributed by atoms with Crippen LogP contribution in [0, 0.1) is 11.3 Å². The lowest BCUT2D eigenvalue weighted by Crippen LogP contribution is -2.30. The second kappa shape index (κ2) is 9.39. The number of alkyl halides is 3. The van der Waals surface area contributed by atoms with Gasteiger partial charge in [0.05, 0.1) is 0 Å². The van der Waals surface area contributed by atoms with E-state index in [1.54, 1.807) is 6.20 Å². The van der Waals surface area contributed by atoms with Crippen molar-refractivity contribution in [2.75, 3.05) is 5.32 Å². The highest BCUT2D eigenvalue weighted by atomic mass is 19.4. The summed E-state index contributed by atoms with van der Waals surface area (Å²) in [5.41, 5.74) is 2.81. The van der Waals surface area contributed by atoms with Gasteiger partial charge < -0.3 is 15.2 Å². The summed E-state index contributed by atoms with van der Waals surface area (Å²) in [5.74, 6) is -0.136. The van der Waals surface area contributed by atoms with Crippen LogP contribution in [0.2, 0.25) is 0 Å². The van der Waals surface area contributed by atoms with Gasteiger partial charge in [0.1, 0.15) is 11.3 Å². The molecule has 1 saturated carbocycles. The number of carboxylic acids is 1. The largest absolute Gasteiger partial charge is 0.573 e. The van der Waals surface area contributed by atoms with Crippen molar-refractivity contribution >= 4 is 28.8 Å². The zero-order chi connectivity index (χ0) is 25.4. The van der Waals surface area contributed by atoms with Crippen molar-refractivity contribution < 1.29 is 27.8 Å². The van der Waals surface area contributed by atoms with E-state index in [4.69, 9.17) is 10.1 Å². The number of aliphatic carboxylic acids is 1. The number of fused-ring (bicyclic) bond motifs is 1. The molecule has 1 aromatic carbocycles. The zero-order valence-corrected chi connectivity index (χ0v) is 19.9. The summed E-state index contributed by atoms with van der Waals surface area (Å²) in [4.78, 5) is 20.4. The Bertz CT molecular complexity index is 1210. The van der Waals surface area contributed by atoms with Crippen molar-refractivity contribution in [1.82, 2.24) is 14.5 Å². The van der Waals surface area contributed by atoms with E-state index in [9.17, 15) is 18.0 Å². The number of nitrogens with one attached hydrogen (secondary N) is 1. The number of carboxylic acid groups (broad SMARTS) is 1. The predicted molar refractivity (Wildman–Crippen MR) is 126 cm³/mol. The molecule has 0 radical (unpaired) electrons. The molecule has 0 bridgehead atoms. The van der Waals surface area contributed by atoms with Crippen LogP contribution in [0.15, 0.2) is 36.5 Å². The summed E-state index contributed by atoms with van der Waals surface area (Å²) in [6.07, 6.45) is 0.280. The van der Waals surface area contributed by atoms with Gasteiger partial charge in [-0.05, 0) is 72.9 Å². The minimum atomic E-state index is -4.75. The maximum atomic E-state index is 12.5. The van der Waals surface area contributed by atoms with E-state index in [1.165, 1.54) is 24.3 Å². The first-order valence-electron chi connectivity index (χ1n) is 11.6. The molecule has 7 nitrogen and oxygen atoms in total. The molecule has 188 valence electrons. The minimum Gasteiger partial charge on any atom is -0.481 e. The molecule has 0 amide bonds. The molecule has 35 heavy (non-hydrogen) atoms. The van der Waals surface area contributed by atoms with Crippen LogP contribution in [0.5, 0.6) is 5.75 Å². The van der Waals surface area contributed by atoms with Crippen LogP contribution in [0.1, 0.15) is 58.1 Å². The predicted octanol–water partition coefficient (Wildman–Crippen LogP) is 6.48. The van der Waals surface area contributed by atoms with Crippen LogP contribution < -0.4 is 10.1 Å². The first-order valence-corrected chi connectivity index (χ1v) is 11.6. The Labute approximate surface area is 201 Å². The van der Waals surface area contributed by atoms with Crippen LogP contribution in [-0.4, -0.2) is 32.0 Å². The molecule has 1 aliphatic rings. The molecule has 1 aliphatic carbocycles. The van der Waals surface area contributed by atoms with Crippen LogP contribution in [0.4, 0.5) is 24.8 Å². The van der Waals surface area contributed by atoms with Crippen molar-refractivity contribution in [2.45, 2.75) is 65.3 Å². The highest BCUT2D eigenvalue weighted by Crippen LogP contribution is 2.45. The molecule has 2 heterocycles. The lowest BCUT2D eigenvalue weighted by atomic mass is 9.70. The van der Waals surface area contributed by atoms with Crippen molar-refractivity contribution in [3.05, 3.63) is 42.1 Å². The van der Waals surface area contributed by atoms with Crippen LogP contribution >= 0.6 is 0 Å². The lowest BCUT2D eigenvalue weighted by molar-refractivity contribution is -0.274. The van der Waals surface area contributed by atoms with E-state index >= 15 is 0 Å². The van der Waals surface area contributed by atoms with Gasteiger partial charge in [-0.3, -0.25) is 9.36 Å². The minimum absolute atomic E-state index is 0.000321. The fourth-order valence-electron chi connectivity index (χ4n) is 5.21. The Morgan fingerprint density at radius 3 is 2.60 bits per heavy atom. The number of hydrogen-bond acceptors (Lipinski definition) is 5. The second-order valence-electron chi connectivity index (χ2n) is 10.1. The average Bonchev–Trinajstić information content (AvgIpc) is 3.08. The highest BCUT2D eigenvalue weighted by Gasteiger charge is 2.35. The van der Waals surface area contributed by atoms with E-state index in [1.807, 2.05) is 6.07 Å². The summed E-state index contributed by atoms with van der Waals surface area (Å²) >= 11 is 0. The number of carbonyl (C=O) groups is 1. The fraction of sp³-hybridized carbons (Fsp3) is 0.480. The van der Waals surface area contributed by atoms with Gasteiger partial charge in [-0.2, -0.15) is 0 Å². The number of rotatable bonds is 7. The van der Waals surface area contributed by atoms with Gasteiger partial charge in [0.25, 0.3) is 0 Å². The van der Waals surface area contributed by atoms with Gasteiger partial charge in [0.2, 0.25) is 5.95 Å². The number of halogens is 3. The highest BCUT2D eigenvalue weighted by molar-refractivity contribution is 5.77. The van der Waals surface area contributed by atoms with Gasteiger partial charge in [0.15, 0.2) is 5.65 Å². The molecule has 2 atom stereocenters. The standard InChI is InChI=1S/C25H29F3N4O3/c1-15-10-18(13-24(2,3)12-15)32-22-20(11-16(14-29-22)4-9-21(33)34)31-23(32)30-17-5-7-19(8-6-17)35-25(26,27)28/h5-8,11,14-15,18H,4,9-10,12-13H2,1-3H3,(H,30,31)(H,33,34)/t15-,18+/m0/s1. The van der Waals surface area contributed by atoms with E-state index < -0.39 is 12.3 Å². The Balaban J connectivity index is 1.70. The number of anilines is 2. The molecule has 0 spiro atoms. The Kier molecular flexibility index (Phi) is 6.66. The third-order valence-corrected chi connectivity index (χ3v) is 6.29. The van der Waals surface area contributed by atoms with E-state index in [0.29, 0.717) is 35.1 Å². The molecule has 1 fully saturated rings. The molecule has 0 saturated heterocycles. The first kappa shape index (κ1) is 24.8. The van der Waals surface area contributed by atoms with Crippen LogP contribution in [0.25, 0.3) is 11.2 Å². The number of ether oxygens (including phenoxy) is 1. The van der Waals surface area contributed by atoms with Crippen molar-refractivity contribution in [3.8, 4) is 5.75 Å². The maximum absolute atomic E-state index is 12.5. The number of aryl methyl sites for hydroxylation is 1. The van der Waals surface area contributed by atoms with E-state index in [-0.39, 0.29) is 23.6 Å². The molecule has 4 rings (SSSR count). The van der Waals surface area contributed by atoms with Crippen molar-refractivity contribution in [2.24, 2.45) is 11.3 Å². The molecule has 0 unspecified atom stereocenters. The summed E-state index contributed by atoms with van der Waals surface area (Å²) in [6.45, 7) is 6.73. The average molecular weight is 491 g/mol. The number of pyridine rings is 1. The summed E-state index contributed by atoms with van der Waals surface area (Å²) in [6, 6.07) is 7.48. The van der Waals surface area contributed by atoms with Gasteiger partial charge in [0, 0.05) is 24.3 Å². The Morgan fingerprint density at radius 2 is 1.97 bits per heavy atom. The second-order valence-corrected chi connectivity index (χ2v) is 10.1. The third kappa shape index (κ3) is 6.23. The monoisotopic (exact) mass is 490 g/mol. The number of benzene rings is 1. The summed E-state index contributed by atoms with van der Waals surface area (Å²) < 4.78 is 43.5. The molecule has 2 N–H and O–H groups in total. The summed E-state index contributed by atoms with van der Waals surface area (Å²) in [5, 5.41) is 12.2. The molecule has 3 aromatic rings. The SMILES string of the molecule is C[C@H]1C[C@@H](n2c(Nc3ccc(OC(F)(F)F)cc3)nc3cc(CCC(=O)O)cnc32)CC(C)(C)C1. The van der Waals surface area contributed by atoms with Crippen molar-refractivity contribution in [1.29, 1.82) is 0 Å².